The standard InChI is InChI=1S/C14H14F6N2O2/c15-13(16,17)9-5-10(14(18,19)20)7-11(6-9)24-8-12(23)22-3-1-21-2-4-22/h5-7,21H,1-4,8H2. The van der Waals surface area contributed by atoms with Gasteiger partial charge in [0, 0.05) is 26.2 Å². The minimum absolute atomic E-state index is 0.00495. The van der Waals surface area contributed by atoms with Crippen molar-refractivity contribution in [2.24, 2.45) is 0 Å². The number of amides is 1. The number of benzene rings is 1. The Bertz CT molecular complexity index is 562. The minimum atomic E-state index is -4.96. The van der Waals surface area contributed by atoms with Gasteiger partial charge in [0.25, 0.3) is 5.91 Å². The van der Waals surface area contributed by atoms with Crippen molar-refractivity contribution in [1.29, 1.82) is 0 Å². The number of ether oxygens (including phenoxy) is 1. The third-order valence-electron chi connectivity index (χ3n) is 3.39. The maximum Gasteiger partial charge on any atom is 0.416 e. The highest BCUT2D eigenvalue weighted by Gasteiger charge is 2.37. The predicted octanol–water partition coefficient (Wildman–Crippen LogP) is 2.53. The number of nitrogens with one attached hydrogen (secondary N) is 1. The van der Waals surface area contributed by atoms with Gasteiger partial charge in [-0.15, -0.1) is 0 Å². The van der Waals surface area contributed by atoms with Gasteiger partial charge in [-0.3, -0.25) is 4.79 Å². The molecule has 0 spiro atoms. The molecule has 0 unspecified atom stereocenters. The molecule has 134 valence electrons. The molecule has 4 nitrogen and oxygen atoms in total. The molecule has 1 aliphatic heterocycles. The number of carbonyl (C=O) groups excluding carboxylic acids is 1. The second-order valence-electron chi connectivity index (χ2n) is 5.16. The molecule has 24 heavy (non-hydrogen) atoms. The molecule has 1 N–H and O–H groups in total. The van der Waals surface area contributed by atoms with Gasteiger partial charge in [-0.05, 0) is 18.2 Å². The van der Waals surface area contributed by atoms with Gasteiger partial charge < -0.3 is 15.0 Å². The largest absolute Gasteiger partial charge is 0.484 e. The van der Waals surface area contributed by atoms with Gasteiger partial charge in [-0.1, -0.05) is 0 Å². The normalized spacial score (nSPS) is 16.2. The molecule has 1 aliphatic rings. The van der Waals surface area contributed by atoms with E-state index in [9.17, 15) is 31.1 Å². The van der Waals surface area contributed by atoms with Crippen LogP contribution in [-0.4, -0.2) is 43.6 Å². The smallest absolute Gasteiger partial charge is 0.416 e. The van der Waals surface area contributed by atoms with Crippen molar-refractivity contribution in [3.8, 4) is 5.75 Å². The first kappa shape index (κ1) is 18.4. The van der Waals surface area contributed by atoms with E-state index in [2.05, 4.69) is 5.32 Å². The number of hydrogen-bond acceptors (Lipinski definition) is 3. The first-order valence-electron chi connectivity index (χ1n) is 6.98. The molecule has 0 aromatic heterocycles. The monoisotopic (exact) mass is 356 g/mol. The molecule has 0 bridgehead atoms. The molecule has 1 fully saturated rings. The Hall–Kier alpha value is -1.97. The van der Waals surface area contributed by atoms with Gasteiger partial charge in [0.15, 0.2) is 6.61 Å². The summed E-state index contributed by atoms with van der Waals surface area (Å²) in [6.45, 7) is 1.30. The Morgan fingerprint density at radius 1 is 1.00 bits per heavy atom. The molecule has 1 saturated heterocycles. The zero-order chi connectivity index (χ0) is 18.0. The van der Waals surface area contributed by atoms with Crippen molar-refractivity contribution in [2.45, 2.75) is 12.4 Å². The van der Waals surface area contributed by atoms with E-state index in [0.29, 0.717) is 38.3 Å². The van der Waals surface area contributed by atoms with Crippen LogP contribution in [0.1, 0.15) is 11.1 Å². The number of halogens is 6. The number of carbonyl (C=O) groups is 1. The maximum absolute atomic E-state index is 12.7. The van der Waals surface area contributed by atoms with Crippen LogP contribution in [0.2, 0.25) is 0 Å². The van der Waals surface area contributed by atoms with E-state index in [1.165, 1.54) is 4.90 Å². The molecule has 1 aromatic carbocycles. The van der Waals surface area contributed by atoms with Crippen molar-refractivity contribution >= 4 is 5.91 Å². The first-order valence-corrected chi connectivity index (χ1v) is 6.98. The number of nitrogens with zero attached hydrogens (tertiary/aromatic N) is 1. The molecule has 2 rings (SSSR count). The van der Waals surface area contributed by atoms with Crippen molar-refractivity contribution in [2.75, 3.05) is 32.8 Å². The van der Waals surface area contributed by atoms with Gasteiger partial charge in [0.2, 0.25) is 0 Å². The molecule has 10 heteroatoms. The van der Waals surface area contributed by atoms with Gasteiger partial charge in [-0.2, -0.15) is 26.3 Å². The Morgan fingerprint density at radius 2 is 1.50 bits per heavy atom. The third kappa shape index (κ3) is 4.76. The van der Waals surface area contributed by atoms with Gasteiger partial charge in [0.1, 0.15) is 5.75 Å². The summed E-state index contributed by atoms with van der Waals surface area (Å²) in [7, 11) is 0. The van der Waals surface area contributed by atoms with E-state index in [1.54, 1.807) is 0 Å². The zero-order valence-corrected chi connectivity index (χ0v) is 12.3. The number of piperazine rings is 1. The number of alkyl halides is 6. The van der Waals surface area contributed by atoms with Crippen molar-refractivity contribution < 1.29 is 35.9 Å². The van der Waals surface area contributed by atoms with Gasteiger partial charge in [-0.25, -0.2) is 0 Å². The van der Waals surface area contributed by atoms with Crippen LogP contribution in [0.25, 0.3) is 0 Å². The summed E-state index contributed by atoms with van der Waals surface area (Å²) in [5, 5.41) is 3.01. The topological polar surface area (TPSA) is 41.6 Å². The SMILES string of the molecule is O=C(COc1cc(C(F)(F)F)cc(C(F)(F)F)c1)N1CCNCC1. The molecule has 0 saturated carbocycles. The lowest BCUT2D eigenvalue weighted by molar-refractivity contribution is -0.143. The third-order valence-corrected chi connectivity index (χ3v) is 3.39. The van der Waals surface area contributed by atoms with Gasteiger partial charge >= 0.3 is 12.4 Å². The highest BCUT2D eigenvalue weighted by atomic mass is 19.4. The summed E-state index contributed by atoms with van der Waals surface area (Å²) in [6.07, 6.45) is -9.91. The van der Waals surface area contributed by atoms with E-state index in [4.69, 9.17) is 4.74 Å². The summed E-state index contributed by atoms with van der Waals surface area (Å²) in [5.41, 5.74) is -2.97. The predicted molar refractivity (Wildman–Crippen MR) is 71.4 cm³/mol. The molecular weight excluding hydrogens is 342 g/mol. The maximum atomic E-state index is 12.7. The Kier molecular flexibility index (Phi) is 5.26. The second-order valence-corrected chi connectivity index (χ2v) is 5.16. The molecule has 0 atom stereocenters. The summed E-state index contributed by atoms with van der Waals surface area (Å²) in [5.74, 6) is -1.15. The lowest BCUT2D eigenvalue weighted by atomic mass is 10.1. The van der Waals surface area contributed by atoms with Crippen LogP contribution in [0.4, 0.5) is 26.3 Å². The van der Waals surface area contributed by atoms with E-state index < -0.39 is 41.7 Å². The number of hydrogen-bond donors (Lipinski definition) is 1. The van der Waals surface area contributed by atoms with Crippen LogP contribution in [0.3, 0.4) is 0 Å². The quantitative estimate of drug-likeness (QED) is 0.847. The summed E-state index contributed by atoms with van der Waals surface area (Å²) in [6, 6.07) is 0.894. The highest BCUT2D eigenvalue weighted by molar-refractivity contribution is 5.77. The van der Waals surface area contributed by atoms with Crippen molar-refractivity contribution in [3.05, 3.63) is 29.3 Å². The van der Waals surface area contributed by atoms with Crippen molar-refractivity contribution in [1.82, 2.24) is 10.2 Å². The van der Waals surface area contributed by atoms with Crippen LogP contribution in [0, 0.1) is 0 Å². The molecular formula is C14H14F6N2O2. The average Bonchev–Trinajstić information content (AvgIpc) is 2.51. The van der Waals surface area contributed by atoms with Crippen LogP contribution in [-0.2, 0) is 17.1 Å². The lowest BCUT2D eigenvalue weighted by Crippen LogP contribution is -2.47. The molecule has 1 aromatic rings. The fraction of sp³-hybridized carbons (Fsp3) is 0.500. The van der Waals surface area contributed by atoms with E-state index >= 15 is 0 Å². The average molecular weight is 356 g/mol. The lowest BCUT2D eigenvalue weighted by Gasteiger charge is -2.27. The van der Waals surface area contributed by atoms with Gasteiger partial charge in [0.05, 0.1) is 11.1 Å². The molecule has 1 heterocycles. The van der Waals surface area contributed by atoms with E-state index in [-0.39, 0.29) is 6.07 Å². The Balaban J connectivity index is 2.15. The first-order chi connectivity index (χ1) is 11.1. The fourth-order valence-corrected chi connectivity index (χ4v) is 2.16. The molecule has 1 amide bonds. The molecule has 0 aliphatic carbocycles. The van der Waals surface area contributed by atoms with E-state index in [0.717, 1.165) is 0 Å². The zero-order valence-electron chi connectivity index (χ0n) is 12.3. The summed E-state index contributed by atoms with van der Waals surface area (Å²) >= 11 is 0. The highest BCUT2D eigenvalue weighted by Crippen LogP contribution is 2.38. The fourth-order valence-electron chi connectivity index (χ4n) is 2.16. The van der Waals surface area contributed by atoms with Crippen LogP contribution in [0.5, 0.6) is 5.75 Å². The second kappa shape index (κ2) is 6.88. The summed E-state index contributed by atoms with van der Waals surface area (Å²) in [4.78, 5) is 13.3. The van der Waals surface area contributed by atoms with Crippen LogP contribution in [0.15, 0.2) is 18.2 Å². The van der Waals surface area contributed by atoms with Crippen molar-refractivity contribution in [3.63, 3.8) is 0 Å². The Morgan fingerprint density at radius 3 is 1.96 bits per heavy atom. The Labute approximate surface area is 133 Å². The minimum Gasteiger partial charge on any atom is -0.484 e. The van der Waals surface area contributed by atoms with E-state index in [1.807, 2.05) is 0 Å². The van der Waals surface area contributed by atoms with Crippen LogP contribution >= 0.6 is 0 Å². The number of rotatable bonds is 3. The summed E-state index contributed by atoms with van der Waals surface area (Å²) < 4.78 is 81.2. The van der Waals surface area contributed by atoms with Crippen LogP contribution < -0.4 is 10.1 Å². The molecule has 0 radical (unpaired) electrons.